The third-order valence-corrected chi connectivity index (χ3v) is 12.8. The molecule has 48 heavy (non-hydrogen) atoms. The van der Waals surface area contributed by atoms with Crippen LogP contribution in [0, 0.1) is 5.41 Å². The number of rotatable bonds is 5. The lowest BCUT2D eigenvalue weighted by Crippen LogP contribution is -2.56. The van der Waals surface area contributed by atoms with Crippen LogP contribution in [0.5, 0.6) is 5.75 Å². The molecule has 1 saturated heterocycles. The summed E-state index contributed by atoms with van der Waals surface area (Å²) in [6, 6.07) is 23.9. The molecule has 2 heterocycles. The van der Waals surface area contributed by atoms with Gasteiger partial charge in [0.05, 0.1) is 22.3 Å². The minimum Gasteiger partial charge on any atom is -0.506 e. The number of allylic oxidation sites excluding steroid dienone is 2. The highest BCUT2D eigenvalue weighted by Gasteiger charge is 2.57. The number of aromatic hydroxyl groups is 1. The number of aliphatic hydroxyl groups is 2. The Morgan fingerprint density at radius 3 is 2.52 bits per heavy atom. The Kier molecular flexibility index (Phi) is 9.24. The first-order valence-electron chi connectivity index (χ1n) is 17.6. The lowest BCUT2D eigenvalue weighted by atomic mass is 9.64. The molecule has 0 amide bonds. The minimum atomic E-state index is -0.930. The fourth-order valence-corrected chi connectivity index (χ4v) is 9.69. The number of phenolic OH excluding ortho intramolecular Hbond substituents is 1. The SMILES string of the molecule is CC1=CCC[C@@]2(C)[C@@H](CC[C@@]2(O)CN2CCN(c3ccccc3O)CC2)c2ccc(cc2C(=O)c2cc3ccccc3s2)C[C@@H](O)CC1. The Morgan fingerprint density at radius 2 is 1.73 bits per heavy atom. The number of aliphatic hydroxyl groups excluding tert-OH is 1. The van der Waals surface area contributed by atoms with Gasteiger partial charge in [0.2, 0.25) is 5.78 Å². The zero-order valence-corrected chi connectivity index (χ0v) is 29.0. The Balaban J connectivity index is 1.22. The number of hydrogen-bond acceptors (Lipinski definition) is 7. The highest BCUT2D eigenvalue weighted by molar-refractivity contribution is 7.21. The highest BCUT2D eigenvalue weighted by Crippen LogP contribution is 2.59. The number of ketones is 1. The van der Waals surface area contributed by atoms with Gasteiger partial charge in [0.1, 0.15) is 5.75 Å². The second-order valence-corrected chi connectivity index (χ2v) is 15.8. The van der Waals surface area contributed by atoms with Gasteiger partial charge in [0.25, 0.3) is 0 Å². The van der Waals surface area contributed by atoms with E-state index in [0.29, 0.717) is 37.1 Å². The number of fused-ring (bicyclic) bond motifs is 9. The number of piperazine rings is 1. The summed E-state index contributed by atoms with van der Waals surface area (Å²) in [4.78, 5) is 19.8. The van der Waals surface area contributed by atoms with Crippen molar-refractivity contribution in [3.63, 3.8) is 0 Å². The third kappa shape index (κ3) is 6.34. The van der Waals surface area contributed by atoms with E-state index in [1.165, 1.54) is 16.9 Å². The molecule has 1 saturated carbocycles. The fourth-order valence-electron chi connectivity index (χ4n) is 8.67. The molecule has 3 aliphatic carbocycles. The Morgan fingerprint density at radius 1 is 0.958 bits per heavy atom. The molecule has 0 unspecified atom stereocenters. The number of nitrogens with zero attached hydrogens (tertiary/aromatic N) is 2. The maximum absolute atomic E-state index is 14.5. The molecule has 8 rings (SSSR count). The summed E-state index contributed by atoms with van der Waals surface area (Å²) in [5.74, 6) is 0.345. The van der Waals surface area contributed by atoms with Crippen molar-refractivity contribution < 1.29 is 20.1 Å². The van der Waals surface area contributed by atoms with Crippen molar-refractivity contribution >= 4 is 32.9 Å². The van der Waals surface area contributed by atoms with E-state index in [2.05, 4.69) is 54.0 Å². The number of anilines is 1. The molecule has 4 aromatic rings. The maximum Gasteiger partial charge on any atom is 0.203 e. The molecule has 3 N–H and O–H groups in total. The van der Waals surface area contributed by atoms with Crippen molar-refractivity contribution in [1.29, 1.82) is 0 Å². The lowest BCUT2D eigenvalue weighted by Gasteiger charge is -2.47. The normalized spacial score (nSPS) is 27.1. The summed E-state index contributed by atoms with van der Waals surface area (Å²) in [6.45, 7) is 8.20. The predicted molar refractivity (Wildman–Crippen MR) is 195 cm³/mol. The summed E-state index contributed by atoms with van der Waals surface area (Å²) < 4.78 is 1.10. The van der Waals surface area contributed by atoms with Gasteiger partial charge in [-0.25, -0.2) is 0 Å². The molecule has 0 radical (unpaired) electrons. The van der Waals surface area contributed by atoms with E-state index in [1.54, 1.807) is 6.07 Å². The van der Waals surface area contributed by atoms with Gasteiger partial charge in [0, 0.05) is 48.4 Å². The summed E-state index contributed by atoms with van der Waals surface area (Å²) in [5, 5.41) is 35.3. The number of carbonyl (C=O) groups excluding carboxylic acids is 1. The van der Waals surface area contributed by atoms with Crippen molar-refractivity contribution in [3.05, 3.63) is 106 Å². The molecule has 6 nitrogen and oxygen atoms in total. The van der Waals surface area contributed by atoms with E-state index in [4.69, 9.17) is 0 Å². The fraction of sp³-hybridized carbons (Fsp3) is 0.439. The molecule has 2 fully saturated rings. The van der Waals surface area contributed by atoms with Crippen LogP contribution in [0.1, 0.15) is 84.7 Å². The summed E-state index contributed by atoms with van der Waals surface area (Å²) in [5.41, 5.74) is 3.47. The number of benzene rings is 3. The highest BCUT2D eigenvalue weighted by atomic mass is 32.1. The van der Waals surface area contributed by atoms with Gasteiger partial charge >= 0.3 is 0 Å². The average Bonchev–Trinajstić information content (AvgIpc) is 3.62. The number of para-hydroxylation sites is 2. The smallest absolute Gasteiger partial charge is 0.203 e. The van der Waals surface area contributed by atoms with E-state index in [1.807, 2.05) is 42.5 Å². The first kappa shape index (κ1) is 33.0. The molecule has 0 spiro atoms. The molecular weight excluding hydrogens is 617 g/mol. The van der Waals surface area contributed by atoms with Crippen molar-refractivity contribution in [2.45, 2.75) is 76.4 Å². The van der Waals surface area contributed by atoms with Crippen LogP contribution in [0.25, 0.3) is 10.1 Å². The Labute approximate surface area is 288 Å². The topological polar surface area (TPSA) is 84.2 Å². The van der Waals surface area contributed by atoms with Crippen LogP contribution in [0.3, 0.4) is 0 Å². The molecule has 7 heteroatoms. The molecule has 1 aromatic heterocycles. The number of hydrogen-bond donors (Lipinski definition) is 3. The first-order valence-corrected chi connectivity index (χ1v) is 18.4. The van der Waals surface area contributed by atoms with Crippen LogP contribution >= 0.6 is 11.3 Å². The minimum absolute atomic E-state index is 0.00834. The van der Waals surface area contributed by atoms with Crippen molar-refractivity contribution in [3.8, 4) is 5.75 Å². The van der Waals surface area contributed by atoms with Gasteiger partial charge in [-0.15, -0.1) is 11.3 Å². The summed E-state index contributed by atoms with van der Waals surface area (Å²) in [6.07, 6.45) is 6.99. The predicted octanol–water partition coefficient (Wildman–Crippen LogP) is 7.70. The molecule has 4 aliphatic rings. The maximum atomic E-state index is 14.5. The number of carbonyl (C=O) groups is 1. The summed E-state index contributed by atoms with van der Waals surface area (Å²) >= 11 is 1.54. The van der Waals surface area contributed by atoms with Crippen LogP contribution in [-0.2, 0) is 6.42 Å². The largest absolute Gasteiger partial charge is 0.506 e. The van der Waals surface area contributed by atoms with Crippen molar-refractivity contribution in [2.24, 2.45) is 5.41 Å². The second-order valence-electron chi connectivity index (χ2n) is 14.7. The Bertz CT molecular complexity index is 1790. The van der Waals surface area contributed by atoms with Crippen LogP contribution in [0.2, 0.25) is 0 Å². The van der Waals surface area contributed by atoms with Gasteiger partial charge in [-0.1, -0.05) is 61.0 Å². The number of β-amino-alcohol motifs (C(OH)–C–C–N with tert-alkyl or cyclic N) is 1. The van der Waals surface area contributed by atoms with Crippen LogP contribution in [0.15, 0.2) is 84.4 Å². The second kappa shape index (κ2) is 13.4. The van der Waals surface area contributed by atoms with Gasteiger partial charge in [-0.05, 0) is 105 Å². The average molecular weight is 665 g/mol. The lowest BCUT2D eigenvalue weighted by molar-refractivity contribution is -0.0841. The molecular formula is C41H48N2O4S. The van der Waals surface area contributed by atoms with E-state index in [0.717, 1.165) is 83.6 Å². The molecule has 1 aliphatic heterocycles. The zero-order valence-electron chi connectivity index (χ0n) is 28.2. The van der Waals surface area contributed by atoms with Crippen LogP contribution in [-0.4, -0.2) is 70.4 Å². The third-order valence-electron chi connectivity index (χ3n) is 11.6. The van der Waals surface area contributed by atoms with E-state index >= 15 is 0 Å². The van der Waals surface area contributed by atoms with Gasteiger partial charge < -0.3 is 20.2 Å². The molecule has 2 bridgehead atoms. The monoisotopic (exact) mass is 664 g/mol. The molecule has 252 valence electrons. The Hall–Kier alpha value is -3.49. The molecule has 3 aromatic carbocycles. The molecule has 4 atom stereocenters. The number of phenols is 1. The number of thiophene rings is 1. The van der Waals surface area contributed by atoms with Crippen molar-refractivity contribution in [1.82, 2.24) is 4.90 Å². The summed E-state index contributed by atoms with van der Waals surface area (Å²) in [7, 11) is 0. The van der Waals surface area contributed by atoms with E-state index in [-0.39, 0.29) is 11.7 Å². The van der Waals surface area contributed by atoms with Crippen LogP contribution in [0.4, 0.5) is 5.69 Å². The van der Waals surface area contributed by atoms with E-state index < -0.39 is 17.1 Å². The standard InChI is InChI=1S/C41H48N2O4S/c1-28-8-7-18-40(2)34(17-19-41(40,47)27-42-20-22-43(23-21-42)35-10-4-5-11-36(35)45)32-16-14-29(24-31(44)15-13-28)25-33(32)39(46)38-26-30-9-3-6-12-37(30)48-38/h3-6,8-12,14,16,25-26,31,34,44-45,47H,7,13,15,17-24,27H2,1-2H3/t31-,34-,40-,41+/m0/s1. The van der Waals surface area contributed by atoms with Crippen LogP contribution < -0.4 is 4.90 Å². The van der Waals surface area contributed by atoms with Gasteiger partial charge in [0.15, 0.2) is 0 Å². The van der Waals surface area contributed by atoms with Crippen molar-refractivity contribution in [2.75, 3.05) is 37.6 Å². The van der Waals surface area contributed by atoms with Gasteiger partial charge in [-0.3, -0.25) is 9.69 Å². The quantitative estimate of drug-likeness (QED) is 0.150. The van der Waals surface area contributed by atoms with Gasteiger partial charge in [-0.2, -0.15) is 0 Å². The zero-order chi connectivity index (χ0) is 33.5. The first-order chi connectivity index (χ1) is 23.1. The van der Waals surface area contributed by atoms with E-state index in [9.17, 15) is 20.1 Å².